The Labute approximate surface area is 210 Å². The summed E-state index contributed by atoms with van der Waals surface area (Å²) < 4.78 is 9.18. The number of fused-ring (bicyclic) bond motifs is 2. The summed E-state index contributed by atoms with van der Waals surface area (Å²) in [6, 6.07) is 16.1. The fourth-order valence-electron chi connectivity index (χ4n) is 4.63. The highest BCUT2D eigenvalue weighted by atomic mass is 16.5. The van der Waals surface area contributed by atoms with E-state index in [1.54, 1.807) is 25.4 Å². The van der Waals surface area contributed by atoms with Crippen molar-refractivity contribution < 1.29 is 4.74 Å². The third kappa shape index (κ3) is 4.53. The molecule has 1 saturated heterocycles. The standard InChI is InChI=1S/C22H16N6O.C6H13N/c1-27-18-11-16(7-8-17(18)13-25-27)19-20(15-5-3-14(12-23)4-6-15)26-22(29-2)28-10-9-24-21(19)28;1-7-5-3-2-4-6-7/h3-11,13H,1-2H3;2-6H2,1H3. The first kappa shape index (κ1) is 23.5. The number of nitrogens with zero attached hydrogens (tertiary/aromatic N) is 7. The Balaban J connectivity index is 0.000000330. The maximum atomic E-state index is 9.13. The van der Waals surface area contributed by atoms with Crippen molar-refractivity contribution in [1.29, 1.82) is 5.26 Å². The van der Waals surface area contributed by atoms with Crippen molar-refractivity contribution in [3.05, 3.63) is 66.6 Å². The molecule has 182 valence electrons. The smallest absolute Gasteiger partial charge is 0.302 e. The number of benzene rings is 2. The lowest BCUT2D eigenvalue weighted by molar-refractivity contribution is 0.277. The normalized spacial score (nSPS) is 13.8. The van der Waals surface area contributed by atoms with Crippen molar-refractivity contribution in [3.63, 3.8) is 0 Å². The van der Waals surface area contributed by atoms with Crippen LogP contribution in [-0.4, -0.2) is 56.3 Å². The quantitative estimate of drug-likeness (QED) is 0.365. The van der Waals surface area contributed by atoms with Gasteiger partial charge < -0.3 is 9.64 Å². The van der Waals surface area contributed by atoms with E-state index in [-0.39, 0.29) is 0 Å². The van der Waals surface area contributed by atoms with Gasteiger partial charge in [0.2, 0.25) is 0 Å². The van der Waals surface area contributed by atoms with E-state index in [0.717, 1.165) is 38.9 Å². The molecule has 0 saturated carbocycles. The number of aryl methyl sites for hydroxylation is 1. The molecule has 0 aliphatic carbocycles. The Hall–Kier alpha value is -4.22. The largest absolute Gasteiger partial charge is 0.468 e. The number of methoxy groups -OCH3 is 1. The van der Waals surface area contributed by atoms with Crippen LogP contribution in [0.15, 0.2) is 61.1 Å². The molecule has 8 nitrogen and oxygen atoms in total. The molecule has 0 radical (unpaired) electrons. The predicted octanol–water partition coefficient (Wildman–Crippen LogP) is 4.93. The van der Waals surface area contributed by atoms with Gasteiger partial charge in [0.1, 0.15) is 0 Å². The first-order chi connectivity index (χ1) is 17.6. The van der Waals surface area contributed by atoms with Crippen LogP contribution in [0.5, 0.6) is 6.01 Å². The van der Waals surface area contributed by atoms with Gasteiger partial charge in [-0.3, -0.25) is 9.08 Å². The number of imidazole rings is 1. The molecule has 36 heavy (non-hydrogen) atoms. The van der Waals surface area contributed by atoms with Crippen LogP contribution in [0.25, 0.3) is 38.9 Å². The summed E-state index contributed by atoms with van der Waals surface area (Å²) in [5.74, 6) is 0. The molecule has 2 aromatic carbocycles. The van der Waals surface area contributed by atoms with E-state index >= 15 is 0 Å². The molecule has 0 bridgehead atoms. The van der Waals surface area contributed by atoms with Gasteiger partial charge >= 0.3 is 6.01 Å². The fraction of sp³-hybridized carbons (Fsp3) is 0.286. The van der Waals surface area contributed by atoms with Crippen molar-refractivity contribution in [2.45, 2.75) is 19.3 Å². The topological polar surface area (TPSA) is 84.3 Å². The number of likely N-dealkylation sites (tertiary alicyclic amines) is 1. The van der Waals surface area contributed by atoms with Crippen molar-refractivity contribution in [2.75, 3.05) is 27.2 Å². The van der Waals surface area contributed by atoms with E-state index in [1.807, 2.05) is 46.7 Å². The van der Waals surface area contributed by atoms with Crippen LogP contribution >= 0.6 is 0 Å². The number of piperidine rings is 1. The number of hydrogen-bond acceptors (Lipinski definition) is 6. The first-order valence-electron chi connectivity index (χ1n) is 12.1. The lowest BCUT2D eigenvalue weighted by atomic mass is 9.98. The second-order valence-electron chi connectivity index (χ2n) is 9.04. The van der Waals surface area contributed by atoms with Gasteiger partial charge in [-0.15, -0.1) is 0 Å². The Morgan fingerprint density at radius 1 is 0.972 bits per heavy atom. The predicted molar refractivity (Wildman–Crippen MR) is 141 cm³/mol. The van der Waals surface area contributed by atoms with Gasteiger partial charge in [0.15, 0.2) is 5.65 Å². The Bertz CT molecular complexity index is 1540. The zero-order valence-electron chi connectivity index (χ0n) is 20.8. The van der Waals surface area contributed by atoms with Crippen LogP contribution < -0.4 is 4.74 Å². The molecule has 1 fully saturated rings. The molecule has 3 aromatic heterocycles. The zero-order chi connectivity index (χ0) is 25.1. The summed E-state index contributed by atoms with van der Waals surface area (Å²) >= 11 is 0. The van der Waals surface area contributed by atoms with Gasteiger partial charge in [-0.05, 0) is 56.7 Å². The average Bonchev–Trinajstić information content (AvgIpc) is 3.55. The summed E-state index contributed by atoms with van der Waals surface area (Å²) in [5, 5.41) is 14.5. The maximum absolute atomic E-state index is 9.13. The molecule has 4 heterocycles. The van der Waals surface area contributed by atoms with Gasteiger partial charge in [-0.2, -0.15) is 15.3 Å². The van der Waals surface area contributed by atoms with Crippen molar-refractivity contribution >= 4 is 16.6 Å². The van der Waals surface area contributed by atoms with Crippen LogP contribution in [0.2, 0.25) is 0 Å². The molecule has 1 aliphatic rings. The third-order valence-electron chi connectivity index (χ3n) is 6.60. The van der Waals surface area contributed by atoms with Crippen LogP contribution in [0, 0.1) is 11.3 Å². The van der Waals surface area contributed by atoms with Crippen molar-refractivity contribution in [2.24, 2.45) is 7.05 Å². The SMILES string of the molecule is CN1CCCCC1.COc1nc(-c2ccc(C#N)cc2)c(-c2ccc3cnn(C)c3c2)c2nccn12. The van der Waals surface area contributed by atoms with Gasteiger partial charge in [0, 0.05) is 30.4 Å². The average molecular weight is 480 g/mol. The van der Waals surface area contributed by atoms with Crippen LogP contribution in [-0.2, 0) is 7.05 Å². The lowest BCUT2D eigenvalue weighted by Crippen LogP contribution is -2.24. The van der Waals surface area contributed by atoms with Gasteiger partial charge in [-0.25, -0.2) is 4.98 Å². The van der Waals surface area contributed by atoms with Crippen LogP contribution in [0.4, 0.5) is 0 Å². The van der Waals surface area contributed by atoms with E-state index in [4.69, 9.17) is 15.0 Å². The minimum absolute atomic E-state index is 0.447. The second-order valence-corrected chi connectivity index (χ2v) is 9.04. The van der Waals surface area contributed by atoms with Gasteiger partial charge in [-0.1, -0.05) is 30.7 Å². The van der Waals surface area contributed by atoms with E-state index < -0.39 is 0 Å². The Morgan fingerprint density at radius 2 is 1.72 bits per heavy atom. The van der Waals surface area contributed by atoms with Crippen LogP contribution in [0.1, 0.15) is 24.8 Å². The van der Waals surface area contributed by atoms with Crippen molar-refractivity contribution in [3.8, 4) is 34.5 Å². The Kier molecular flexibility index (Phi) is 6.65. The maximum Gasteiger partial charge on any atom is 0.302 e. The third-order valence-corrected chi connectivity index (χ3v) is 6.60. The molecular formula is C28H29N7O. The molecule has 0 unspecified atom stereocenters. The highest BCUT2D eigenvalue weighted by Gasteiger charge is 2.19. The molecule has 5 aromatic rings. The van der Waals surface area contributed by atoms with E-state index in [1.165, 1.54) is 32.4 Å². The lowest BCUT2D eigenvalue weighted by Gasteiger charge is -2.20. The molecular weight excluding hydrogens is 450 g/mol. The molecule has 1 aliphatic heterocycles. The molecule has 8 heteroatoms. The van der Waals surface area contributed by atoms with E-state index in [9.17, 15) is 0 Å². The summed E-state index contributed by atoms with van der Waals surface area (Å²) in [6.45, 7) is 2.64. The van der Waals surface area contributed by atoms with Gasteiger partial charge in [0.25, 0.3) is 0 Å². The number of hydrogen-bond donors (Lipinski definition) is 0. The van der Waals surface area contributed by atoms with Crippen LogP contribution in [0.3, 0.4) is 0 Å². The monoisotopic (exact) mass is 479 g/mol. The summed E-state index contributed by atoms with van der Waals surface area (Å²) in [7, 11) is 5.70. The Morgan fingerprint density at radius 3 is 2.39 bits per heavy atom. The molecule has 0 N–H and O–H groups in total. The number of ether oxygens (including phenoxy) is 1. The van der Waals surface area contributed by atoms with Gasteiger partial charge in [0.05, 0.1) is 41.7 Å². The summed E-state index contributed by atoms with van der Waals surface area (Å²) in [5.41, 5.74) is 5.86. The summed E-state index contributed by atoms with van der Waals surface area (Å²) in [6.07, 6.45) is 9.68. The highest BCUT2D eigenvalue weighted by Crippen LogP contribution is 2.37. The minimum atomic E-state index is 0.447. The minimum Gasteiger partial charge on any atom is -0.468 e. The number of rotatable bonds is 3. The molecule has 6 rings (SSSR count). The van der Waals surface area contributed by atoms with E-state index in [2.05, 4.69) is 40.2 Å². The molecule has 0 amide bonds. The fourth-order valence-corrected chi connectivity index (χ4v) is 4.63. The number of aromatic nitrogens is 5. The number of nitriles is 1. The van der Waals surface area contributed by atoms with E-state index in [0.29, 0.717) is 11.6 Å². The second kappa shape index (κ2) is 10.2. The zero-order valence-corrected chi connectivity index (χ0v) is 20.8. The highest BCUT2D eigenvalue weighted by molar-refractivity contribution is 5.94. The summed E-state index contributed by atoms with van der Waals surface area (Å²) in [4.78, 5) is 11.8. The molecule has 0 atom stereocenters. The van der Waals surface area contributed by atoms with Crippen molar-refractivity contribution in [1.82, 2.24) is 29.0 Å². The first-order valence-corrected chi connectivity index (χ1v) is 12.1. The molecule has 0 spiro atoms.